The molecule has 1 fully saturated rings. The van der Waals surface area contributed by atoms with E-state index in [4.69, 9.17) is 10.00 Å². The summed E-state index contributed by atoms with van der Waals surface area (Å²) in [6.45, 7) is 4.87. The fraction of sp³-hybridized carbons (Fsp3) is 0.714. The van der Waals surface area contributed by atoms with Crippen LogP contribution in [0.4, 0.5) is 0 Å². The van der Waals surface area contributed by atoms with Crippen molar-refractivity contribution in [2.24, 2.45) is 0 Å². The van der Waals surface area contributed by atoms with Gasteiger partial charge in [-0.25, -0.2) is 4.98 Å². The van der Waals surface area contributed by atoms with Gasteiger partial charge in [-0.05, 0) is 26.3 Å². The highest BCUT2D eigenvalue weighted by atomic mass is 32.1. The van der Waals surface area contributed by atoms with E-state index in [2.05, 4.69) is 22.9 Å². The number of hydrogen-bond acceptors (Lipinski definition) is 5. The molecule has 0 bridgehead atoms. The number of ether oxygens (including phenoxy) is 1. The second kappa shape index (κ2) is 6.99. The van der Waals surface area contributed by atoms with Crippen LogP contribution in [-0.2, 0) is 24.3 Å². The van der Waals surface area contributed by atoms with Gasteiger partial charge in [0.05, 0.1) is 31.3 Å². The molecule has 0 aromatic carbocycles. The Bertz CT molecular complexity index is 452. The summed E-state index contributed by atoms with van der Waals surface area (Å²) in [6, 6.07) is 2.85. The molecule has 0 amide bonds. The molecular formula is C14H21N3OS. The Morgan fingerprint density at radius 1 is 1.53 bits per heavy atom. The van der Waals surface area contributed by atoms with E-state index in [0.29, 0.717) is 19.1 Å². The van der Waals surface area contributed by atoms with Crippen molar-refractivity contribution in [3.63, 3.8) is 0 Å². The number of rotatable bonds is 5. The van der Waals surface area contributed by atoms with E-state index in [-0.39, 0.29) is 0 Å². The average Bonchev–Trinajstić information content (AvgIpc) is 2.76. The third-order valence-corrected chi connectivity index (χ3v) is 4.70. The lowest BCUT2D eigenvalue weighted by Gasteiger charge is -2.32. The molecule has 1 unspecified atom stereocenters. The van der Waals surface area contributed by atoms with Crippen molar-refractivity contribution >= 4 is 11.3 Å². The lowest BCUT2D eigenvalue weighted by atomic mass is 10.0. The van der Waals surface area contributed by atoms with Gasteiger partial charge in [-0.1, -0.05) is 6.42 Å². The van der Waals surface area contributed by atoms with E-state index in [1.807, 2.05) is 0 Å². The summed E-state index contributed by atoms with van der Waals surface area (Å²) in [5.74, 6) is 0. The molecule has 19 heavy (non-hydrogen) atoms. The number of thiazole rings is 1. The molecule has 0 spiro atoms. The van der Waals surface area contributed by atoms with E-state index in [1.165, 1.54) is 19.3 Å². The molecule has 0 radical (unpaired) electrons. The maximum atomic E-state index is 8.86. The summed E-state index contributed by atoms with van der Waals surface area (Å²) in [5.41, 5.74) is 0.939. The molecule has 1 aliphatic rings. The Hall–Kier alpha value is -0.960. The zero-order valence-electron chi connectivity index (χ0n) is 11.7. The van der Waals surface area contributed by atoms with Crippen LogP contribution < -0.4 is 0 Å². The Morgan fingerprint density at radius 3 is 3.05 bits per heavy atom. The van der Waals surface area contributed by atoms with Gasteiger partial charge in [-0.3, -0.25) is 4.90 Å². The van der Waals surface area contributed by atoms with E-state index in [9.17, 15) is 0 Å². The lowest BCUT2D eigenvalue weighted by molar-refractivity contribution is 0.151. The first-order chi connectivity index (χ1) is 9.24. The molecule has 2 heterocycles. The highest BCUT2D eigenvalue weighted by Gasteiger charge is 2.20. The third-order valence-electron chi connectivity index (χ3n) is 3.62. The molecule has 1 atom stereocenters. The monoisotopic (exact) mass is 279 g/mol. The van der Waals surface area contributed by atoms with Crippen LogP contribution in [0.25, 0.3) is 0 Å². The standard InChI is InChI=1S/C14H21N3OS/c1-11-5-3-4-8-17(11)9-14-16-12(10-18-2)13(19-14)6-7-15/h11H,3-6,8-10H2,1-2H3. The minimum absolute atomic E-state index is 0.436. The van der Waals surface area contributed by atoms with Crippen LogP contribution in [0.1, 0.15) is 41.8 Å². The van der Waals surface area contributed by atoms with Gasteiger partial charge in [0.25, 0.3) is 0 Å². The normalized spacial score (nSPS) is 20.4. The van der Waals surface area contributed by atoms with Gasteiger partial charge in [0.15, 0.2) is 0 Å². The largest absolute Gasteiger partial charge is 0.378 e. The number of piperidine rings is 1. The number of nitriles is 1. The molecule has 104 valence electrons. The topological polar surface area (TPSA) is 49.1 Å². The second-order valence-corrected chi connectivity index (χ2v) is 6.23. The summed E-state index contributed by atoms with van der Waals surface area (Å²) < 4.78 is 5.16. The number of methoxy groups -OCH3 is 1. The average molecular weight is 279 g/mol. The van der Waals surface area contributed by atoms with Crippen LogP contribution in [0.3, 0.4) is 0 Å². The minimum atomic E-state index is 0.436. The van der Waals surface area contributed by atoms with Gasteiger partial charge in [-0.2, -0.15) is 5.26 Å². The van der Waals surface area contributed by atoms with E-state index in [1.54, 1.807) is 18.4 Å². The third kappa shape index (κ3) is 3.75. The van der Waals surface area contributed by atoms with Crippen molar-refractivity contribution in [1.29, 1.82) is 5.26 Å². The SMILES string of the molecule is COCc1nc(CN2CCCCC2C)sc1CC#N. The summed E-state index contributed by atoms with van der Waals surface area (Å²) in [4.78, 5) is 8.20. The summed E-state index contributed by atoms with van der Waals surface area (Å²) >= 11 is 1.66. The fourth-order valence-electron chi connectivity index (χ4n) is 2.53. The number of nitrogens with zero attached hydrogens (tertiary/aromatic N) is 3. The van der Waals surface area contributed by atoms with Crippen molar-refractivity contribution in [1.82, 2.24) is 9.88 Å². The molecule has 1 aromatic rings. The van der Waals surface area contributed by atoms with Crippen molar-refractivity contribution < 1.29 is 4.74 Å². The van der Waals surface area contributed by atoms with Crippen LogP contribution in [0, 0.1) is 11.3 Å². The highest BCUT2D eigenvalue weighted by molar-refractivity contribution is 7.11. The zero-order valence-corrected chi connectivity index (χ0v) is 12.5. The molecule has 0 N–H and O–H groups in total. The smallest absolute Gasteiger partial charge is 0.107 e. The van der Waals surface area contributed by atoms with Gasteiger partial charge in [0, 0.05) is 18.0 Å². The molecule has 0 saturated carbocycles. The molecule has 1 aromatic heterocycles. The van der Waals surface area contributed by atoms with Crippen molar-refractivity contribution in [2.45, 2.75) is 51.8 Å². The maximum Gasteiger partial charge on any atom is 0.107 e. The van der Waals surface area contributed by atoms with Crippen LogP contribution in [-0.4, -0.2) is 29.6 Å². The number of hydrogen-bond donors (Lipinski definition) is 0. The Labute approximate surface area is 119 Å². The van der Waals surface area contributed by atoms with Gasteiger partial charge in [0.2, 0.25) is 0 Å². The van der Waals surface area contributed by atoms with Gasteiger partial charge in [-0.15, -0.1) is 11.3 Å². The number of aromatic nitrogens is 1. The maximum absolute atomic E-state index is 8.86. The quantitative estimate of drug-likeness (QED) is 0.831. The first-order valence-electron chi connectivity index (χ1n) is 6.82. The fourth-order valence-corrected chi connectivity index (χ4v) is 3.56. The summed E-state index contributed by atoms with van der Waals surface area (Å²) in [7, 11) is 1.67. The molecule has 4 nitrogen and oxygen atoms in total. The van der Waals surface area contributed by atoms with Crippen molar-refractivity contribution in [3.05, 3.63) is 15.6 Å². The molecule has 1 aliphatic heterocycles. The molecule has 1 saturated heterocycles. The van der Waals surface area contributed by atoms with E-state index < -0.39 is 0 Å². The number of likely N-dealkylation sites (tertiary alicyclic amines) is 1. The predicted octanol–water partition coefficient (Wildman–Crippen LogP) is 2.73. The van der Waals surface area contributed by atoms with E-state index >= 15 is 0 Å². The Balaban J connectivity index is 2.07. The first kappa shape index (κ1) is 14.4. The van der Waals surface area contributed by atoms with Crippen LogP contribution >= 0.6 is 11.3 Å². The van der Waals surface area contributed by atoms with Crippen molar-refractivity contribution in [3.8, 4) is 6.07 Å². The van der Waals surface area contributed by atoms with Gasteiger partial charge < -0.3 is 4.74 Å². The predicted molar refractivity (Wildman–Crippen MR) is 75.9 cm³/mol. The summed E-state index contributed by atoms with van der Waals surface area (Å²) in [5, 5.41) is 9.98. The summed E-state index contributed by atoms with van der Waals surface area (Å²) in [6.07, 6.45) is 4.34. The van der Waals surface area contributed by atoms with Crippen LogP contribution in [0.15, 0.2) is 0 Å². The Morgan fingerprint density at radius 2 is 2.37 bits per heavy atom. The first-order valence-corrected chi connectivity index (χ1v) is 7.63. The van der Waals surface area contributed by atoms with Gasteiger partial charge >= 0.3 is 0 Å². The Kier molecular flexibility index (Phi) is 5.32. The lowest BCUT2D eigenvalue weighted by Crippen LogP contribution is -2.36. The second-order valence-electron chi connectivity index (χ2n) is 5.06. The van der Waals surface area contributed by atoms with E-state index in [0.717, 1.165) is 28.7 Å². The highest BCUT2D eigenvalue weighted by Crippen LogP contribution is 2.24. The molecule has 0 aliphatic carbocycles. The molecule has 2 rings (SSSR count). The van der Waals surface area contributed by atoms with Crippen molar-refractivity contribution in [2.75, 3.05) is 13.7 Å². The van der Waals surface area contributed by atoms with Crippen LogP contribution in [0.5, 0.6) is 0 Å². The zero-order chi connectivity index (χ0) is 13.7. The molecule has 5 heteroatoms. The minimum Gasteiger partial charge on any atom is -0.378 e. The molecular weight excluding hydrogens is 258 g/mol. The van der Waals surface area contributed by atoms with Gasteiger partial charge in [0.1, 0.15) is 5.01 Å². The van der Waals surface area contributed by atoms with Crippen LogP contribution in [0.2, 0.25) is 0 Å².